The zero-order valence-corrected chi connectivity index (χ0v) is 8.81. The second-order valence-corrected chi connectivity index (χ2v) is 3.12. The number of pyridine rings is 1. The molecule has 15 heavy (non-hydrogen) atoms. The smallest absolute Gasteiger partial charge is 0.266 e. The van der Waals surface area contributed by atoms with E-state index in [2.05, 4.69) is 4.98 Å². The first kappa shape index (κ1) is 11.8. The molecule has 82 valence electrons. The van der Waals surface area contributed by atoms with Crippen LogP contribution in [0, 0.1) is 6.92 Å². The Morgan fingerprint density at radius 1 is 1.60 bits per heavy atom. The molecule has 1 aromatic rings. The fourth-order valence-corrected chi connectivity index (χ4v) is 1.42. The van der Waals surface area contributed by atoms with Gasteiger partial charge in [0.05, 0.1) is 24.4 Å². The van der Waals surface area contributed by atoms with Crippen LogP contribution in [0.5, 0.6) is 5.75 Å². The van der Waals surface area contributed by atoms with Crippen LogP contribution < -0.4 is 4.74 Å². The highest BCUT2D eigenvalue weighted by atomic mass is 35.5. The minimum atomic E-state index is -2.81. The molecule has 0 amide bonds. The van der Waals surface area contributed by atoms with Gasteiger partial charge in [0.25, 0.3) is 11.7 Å². The number of hydrogen-bond donors (Lipinski definition) is 0. The van der Waals surface area contributed by atoms with Gasteiger partial charge in [-0.15, -0.1) is 0 Å². The van der Waals surface area contributed by atoms with Crippen LogP contribution in [0.25, 0.3) is 0 Å². The van der Waals surface area contributed by atoms with E-state index < -0.39 is 17.2 Å². The van der Waals surface area contributed by atoms with E-state index in [1.165, 1.54) is 20.2 Å². The summed E-state index contributed by atoms with van der Waals surface area (Å²) in [7, 11) is 1.25. The maximum absolute atomic E-state index is 12.7. The largest absolute Gasteiger partial charge is 0.494 e. The van der Waals surface area contributed by atoms with E-state index >= 15 is 0 Å². The number of rotatable bonds is 3. The first-order valence-electron chi connectivity index (χ1n) is 4.00. The lowest BCUT2D eigenvalue weighted by atomic mass is 10.1. The molecule has 0 spiro atoms. The van der Waals surface area contributed by atoms with E-state index in [1.54, 1.807) is 0 Å². The van der Waals surface area contributed by atoms with Crippen molar-refractivity contribution in [3.63, 3.8) is 0 Å². The third kappa shape index (κ3) is 2.23. The Kier molecular flexibility index (Phi) is 3.57. The first-order chi connectivity index (χ1) is 6.99. The van der Waals surface area contributed by atoms with Gasteiger partial charge in [0, 0.05) is 5.69 Å². The van der Waals surface area contributed by atoms with E-state index in [0.29, 0.717) is 0 Å². The van der Waals surface area contributed by atoms with Crippen LogP contribution in [0.15, 0.2) is 6.20 Å². The number of aryl methyl sites for hydroxylation is 1. The molecule has 1 heterocycles. The quantitative estimate of drug-likeness (QED) is 0.756. The van der Waals surface area contributed by atoms with E-state index in [-0.39, 0.29) is 17.0 Å². The van der Waals surface area contributed by atoms with E-state index in [0.717, 1.165) is 0 Å². The summed E-state index contributed by atoms with van der Waals surface area (Å²) >= 11 is 5.23. The highest BCUT2D eigenvalue weighted by Gasteiger charge is 2.24. The summed E-state index contributed by atoms with van der Waals surface area (Å²) in [6.07, 6.45) is -1.62. The molecular weight excluding hydrogens is 228 g/mol. The summed E-state index contributed by atoms with van der Waals surface area (Å²) in [6.45, 7) is 1.38. The standard InChI is InChI=1S/C9H8ClF2NO2/c1-4-6(9(11)12)7(8(10)14)5(15-2)3-13-4/h3,9H,1-2H3. The van der Waals surface area contributed by atoms with Gasteiger partial charge in [-0.2, -0.15) is 0 Å². The molecule has 0 unspecified atom stereocenters. The summed E-state index contributed by atoms with van der Waals surface area (Å²) in [4.78, 5) is 14.7. The van der Waals surface area contributed by atoms with Gasteiger partial charge in [-0.05, 0) is 18.5 Å². The molecule has 1 aromatic heterocycles. The third-order valence-electron chi connectivity index (χ3n) is 1.92. The molecule has 0 aliphatic carbocycles. The number of ether oxygens (including phenoxy) is 1. The summed E-state index contributed by atoms with van der Waals surface area (Å²) in [5, 5.41) is -0.979. The Hall–Kier alpha value is -1.23. The maximum atomic E-state index is 12.7. The Morgan fingerprint density at radius 2 is 2.20 bits per heavy atom. The molecule has 0 atom stereocenters. The lowest BCUT2D eigenvalue weighted by Crippen LogP contribution is -2.06. The monoisotopic (exact) mass is 235 g/mol. The van der Waals surface area contributed by atoms with Crippen molar-refractivity contribution in [1.82, 2.24) is 4.98 Å². The van der Waals surface area contributed by atoms with Gasteiger partial charge in [0.1, 0.15) is 5.75 Å². The van der Waals surface area contributed by atoms with Crippen LogP contribution >= 0.6 is 11.6 Å². The minimum Gasteiger partial charge on any atom is -0.494 e. The summed E-state index contributed by atoms with van der Waals surface area (Å²) < 4.78 is 30.1. The summed E-state index contributed by atoms with van der Waals surface area (Å²) in [5.74, 6) is -0.0455. The zero-order chi connectivity index (χ0) is 11.6. The molecule has 0 aliphatic heterocycles. The maximum Gasteiger partial charge on any atom is 0.266 e. The average Bonchev–Trinajstić information content (AvgIpc) is 2.16. The molecule has 0 saturated carbocycles. The number of carbonyl (C=O) groups is 1. The predicted octanol–water partition coefficient (Wildman–Crippen LogP) is 2.72. The number of aromatic nitrogens is 1. The lowest BCUT2D eigenvalue weighted by Gasteiger charge is -2.11. The van der Waals surface area contributed by atoms with Crippen molar-refractivity contribution in [2.75, 3.05) is 7.11 Å². The van der Waals surface area contributed by atoms with Gasteiger partial charge in [0.15, 0.2) is 0 Å². The molecule has 0 saturated heterocycles. The fourth-order valence-electron chi connectivity index (χ4n) is 1.23. The number of hydrogen-bond acceptors (Lipinski definition) is 3. The van der Waals surface area contributed by atoms with Gasteiger partial charge in [-0.25, -0.2) is 8.78 Å². The van der Waals surface area contributed by atoms with Gasteiger partial charge < -0.3 is 4.74 Å². The van der Waals surface area contributed by atoms with E-state index in [4.69, 9.17) is 16.3 Å². The van der Waals surface area contributed by atoms with Crippen molar-refractivity contribution in [2.45, 2.75) is 13.3 Å². The van der Waals surface area contributed by atoms with Gasteiger partial charge in [-0.3, -0.25) is 9.78 Å². The van der Waals surface area contributed by atoms with Crippen LogP contribution in [0.1, 0.15) is 28.0 Å². The highest BCUT2D eigenvalue weighted by Crippen LogP contribution is 2.32. The molecule has 0 fully saturated rings. The molecule has 6 heteroatoms. The Morgan fingerprint density at radius 3 is 2.60 bits per heavy atom. The second kappa shape index (κ2) is 4.53. The number of nitrogens with zero attached hydrogens (tertiary/aromatic N) is 1. The lowest BCUT2D eigenvalue weighted by molar-refractivity contribution is 0.106. The molecule has 0 radical (unpaired) electrons. The average molecular weight is 236 g/mol. The van der Waals surface area contributed by atoms with Crippen LogP contribution in [-0.2, 0) is 0 Å². The fraction of sp³-hybridized carbons (Fsp3) is 0.333. The van der Waals surface area contributed by atoms with E-state index in [1.807, 2.05) is 0 Å². The topological polar surface area (TPSA) is 39.2 Å². The zero-order valence-electron chi connectivity index (χ0n) is 8.05. The highest BCUT2D eigenvalue weighted by molar-refractivity contribution is 6.68. The van der Waals surface area contributed by atoms with Gasteiger partial charge >= 0.3 is 0 Å². The number of carbonyl (C=O) groups excluding carboxylic acids is 1. The van der Waals surface area contributed by atoms with E-state index in [9.17, 15) is 13.6 Å². The SMILES string of the molecule is COc1cnc(C)c(C(F)F)c1C(=O)Cl. The van der Waals surface area contributed by atoms with Crippen molar-refractivity contribution in [3.8, 4) is 5.75 Å². The molecule has 0 bridgehead atoms. The van der Waals surface area contributed by atoms with Crippen molar-refractivity contribution >= 4 is 16.8 Å². The van der Waals surface area contributed by atoms with Crippen LogP contribution in [-0.4, -0.2) is 17.3 Å². The van der Waals surface area contributed by atoms with Crippen molar-refractivity contribution < 1.29 is 18.3 Å². The Bertz CT molecular complexity index is 396. The minimum absolute atomic E-state index is 0.0455. The normalized spacial score (nSPS) is 10.5. The summed E-state index contributed by atoms with van der Waals surface area (Å²) in [6, 6.07) is 0. The number of alkyl halides is 2. The first-order valence-corrected chi connectivity index (χ1v) is 4.38. The molecule has 0 aliphatic rings. The predicted molar refractivity (Wildman–Crippen MR) is 50.7 cm³/mol. The molecule has 0 N–H and O–H groups in total. The second-order valence-electron chi connectivity index (χ2n) is 2.78. The molecule has 1 rings (SSSR count). The van der Waals surface area contributed by atoms with Crippen LogP contribution in [0.2, 0.25) is 0 Å². The van der Waals surface area contributed by atoms with Gasteiger partial charge in [0.2, 0.25) is 0 Å². The van der Waals surface area contributed by atoms with Crippen molar-refractivity contribution in [2.24, 2.45) is 0 Å². The molecule has 3 nitrogen and oxygen atoms in total. The third-order valence-corrected chi connectivity index (χ3v) is 2.10. The van der Waals surface area contributed by atoms with Crippen LogP contribution in [0.4, 0.5) is 8.78 Å². The summed E-state index contributed by atoms with van der Waals surface area (Å²) in [5.41, 5.74) is -0.731. The number of halogens is 3. The van der Waals surface area contributed by atoms with Crippen LogP contribution in [0.3, 0.4) is 0 Å². The molecule has 0 aromatic carbocycles. The number of methoxy groups -OCH3 is 1. The molecular formula is C9H8ClF2NO2. The van der Waals surface area contributed by atoms with Gasteiger partial charge in [-0.1, -0.05) is 0 Å². The van der Waals surface area contributed by atoms with Crippen molar-refractivity contribution in [1.29, 1.82) is 0 Å². The Balaban J connectivity index is 3.51. The Labute approximate surface area is 90.0 Å². The van der Waals surface area contributed by atoms with Crippen molar-refractivity contribution in [3.05, 3.63) is 23.0 Å².